The molecule has 4 rings (SSSR count). The number of hydrogen-bond donors (Lipinski definition) is 4. The number of amides is 1. The normalized spacial score (nSPS) is 21.0. The highest BCUT2D eigenvalue weighted by atomic mass is 35.5. The first kappa shape index (κ1) is 26.8. The van der Waals surface area contributed by atoms with E-state index in [0.29, 0.717) is 35.1 Å². The van der Waals surface area contributed by atoms with E-state index in [1.807, 2.05) is 6.07 Å². The summed E-state index contributed by atoms with van der Waals surface area (Å²) >= 11 is 6.31. The summed E-state index contributed by atoms with van der Waals surface area (Å²) in [7, 11) is 0. The third-order valence-electron chi connectivity index (χ3n) is 6.67. The van der Waals surface area contributed by atoms with Crippen molar-refractivity contribution in [3.8, 4) is 5.75 Å². The Kier molecular flexibility index (Phi) is 9.34. The minimum atomic E-state index is -1.26. The second-order valence-corrected chi connectivity index (χ2v) is 9.62. The van der Waals surface area contributed by atoms with E-state index in [2.05, 4.69) is 23.6 Å². The van der Waals surface area contributed by atoms with Crippen molar-refractivity contribution < 1.29 is 29.3 Å². The van der Waals surface area contributed by atoms with E-state index in [-0.39, 0.29) is 17.5 Å². The van der Waals surface area contributed by atoms with Crippen LogP contribution in [-0.2, 0) is 16.0 Å². The molecule has 0 bridgehead atoms. The molecule has 1 aromatic rings. The number of allylic oxidation sites excluding steroid dienone is 1. The van der Waals surface area contributed by atoms with Gasteiger partial charge >= 0.3 is 11.9 Å². The van der Waals surface area contributed by atoms with Crippen molar-refractivity contribution in [1.82, 2.24) is 10.6 Å². The number of aliphatic carboxylic acids is 2. The fourth-order valence-corrected chi connectivity index (χ4v) is 5.18. The van der Waals surface area contributed by atoms with Crippen molar-refractivity contribution in [3.05, 3.63) is 52.1 Å². The number of halogens is 1. The third-order valence-corrected chi connectivity index (χ3v) is 6.89. The summed E-state index contributed by atoms with van der Waals surface area (Å²) in [6, 6.07) is 3.94. The average Bonchev–Trinajstić information content (AvgIpc) is 3.39. The molecule has 1 aliphatic carbocycles. The number of hydrogen-bond acceptors (Lipinski definition) is 5. The molecule has 1 amide bonds. The molecular formula is C26H33ClN2O6. The second-order valence-electron chi connectivity index (χ2n) is 9.18. The summed E-state index contributed by atoms with van der Waals surface area (Å²) < 4.78 is 5.87. The van der Waals surface area contributed by atoms with E-state index in [1.54, 1.807) is 6.07 Å². The first-order valence-electron chi connectivity index (χ1n) is 12.0. The van der Waals surface area contributed by atoms with Crippen molar-refractivity contribution in [2.75, 3.05) is 13.2 Å². The van der Waals surface area contributed by atoms with Crippen LogP contribution in [0.25, 0.3) is 0 Å². The molecule has 0 aromatic heterocycles. The van der Waals surface area contributed by atoms with Crippen LogP contribution in [0.2, 0.25) is 5.02 Å². The van der Waals surface area contributed by atoms with Crippen LogP contribution < -0.4 is 15.4 Å². The molecule has 1 fully saturated rings. The maximum atomic E-state index is 13.4. The van der Waals surface area contributed by atoms with Gasteiger partial charge in [-0.25, -0.2) is 9.59 Å². The van der Waals surface area contributed by atoms with Gasteiger partial charge in [0.05, 0.1) is 17.7 Å². The summed E-state index contributed by atoms with van der Waals surface area (Å²) in [5.41, 5.74) is 2.59. The number of carbonyl (C=O) groups excluding carboxylic acids is 1. The van der Waals surface area contributed by atoms with Crippen molar-refractivity contribution in [3.63, 3.8) is 0 Å². The van der Waals surface area contributed by atoms with Crippen molar-refractivity contribution in [2.45, 2.75) is 69.9 Å². The number of carboxylic acid groups (broad SMARTS) is 2. The van der Waals surface area contributed by atoms with Crippen LogP contribution in [-0.4, -0.2) is 52.8 Å². The molecule has 190 valence electrons. The van der Waals surface area contributed by atoms with Crippen LogP contribution in [0.5, 0.6) is 5.75 Å². The molecule has 0 saturated carbocycles. The van der Waals surface area contributed by atoms with E-state index in [0.717, 1.165) is 50.6 Å². The van der Waals surface area contributed by atoms with Gasteiger partial charge in [0.1, 0.15) is 5.75 Å². The van der Waals surface area contributed by atoms with E-state index in [1.165, 1.54) is 18.4 Å². The van der Waals surface area contributed by atoms with Crippen LogP contribution in [0.4, 0.5) is 0 Å². The Balaban J connectivity index is 0.000000371. The summed E-state index contributed by atoms with van der Waals surface area (Å²) in [6.07, 6.45) is 12.1. The van der Waals surface area contributed by atoms with E-state index >= 15 is 0 Å². The van der Waals surface area contributed by atoms with Gasteiger partial charge in [0.2, 0.25) is 0 Å². The first-order valence-corrected chi connectivity index (χ1v) is 12.4. The second kappa shape index (κ2) is 12.2. The van der Waals surface area contributed by atoms with E-state index in [4.69, 9.17) is 26.6 Å². The highest BCUT2D eigenvalue weighted by Crippen LogP contribution is 2.36. The van der Waals surface area contributed by atoms with Gasteiger partial charge in [-0.2, -0.15) is 0 Å². The molecule has 9 heteroatoms. The smallest absolute Gasteiger partial charge is 0.328 e. The lowest BCUT2D eigenvalue weighted by Gasteiger charge is -2.40. The van der Waals surface area contributed by atoms with Gasteiger partial charge in [0.25, 0.3) is 5.91 Å². The van der Waals surface area contributed by atoms with Gasteiger partial charge in [0.15, 0.2) is 0 Å². The zero-order chi connectivity index (χ0) is 25.4. The summed E-state index contributed by atoms with van der Waals surface area (Å²) in [5, 5.41) is 23.2. The molecule has 35 heavy (non-hydrogen) atoms. The maximum Gasteiger partial charge on any atom is 0.328 e. The number of carboxylic acids is 2. The molecule has 3 aliphatic rings. The largest absolute Gasteiger partial charge is 0.492 e. The SMILES string of the molecule is CC(NC(=O)c1cc(Cl)cc2c1OCCC2)(C1=CCCCC1)C1CCCN1.O=C(O)/C=C/C(=O)O. The molecule has 2 atom stereocenters. The number of carbonyl (C=O) groups is 3. The van der Waals surface area contributed by atoms with Crippen LogP contribution in [0, 0.1) is 0 Å². The topological polar surface area (TPSA) is 125 Å². The molecule has 8 nitrogen and oxygen atoms in total. The minimum absolute atomic E-state index is 0.0849. The van der Waals surface area contributed by atoms with E-state index < -0.39 is 11.9 Å². The molecule has 2 unspecified atom stereocenters. The zero-order valence-electron chi connectivity index (χ0n) is 19.9. The molecule has 0 spiro atoms. The van der Waals surface area contributed by atoms with Crippen LogP contribution in [0.3, 0.4) is 0 Å². The minimum Gasteiger partial charge on any atom is -0.492 e. The van der Waals surface area contributed by atoms with Crippen molar-refractivity contribution >= 4 is 29.4 Å². The van der Waals surface area contributed by atoms with Crippen molar-refractivity contribution in [1.29, 1.82) is 0 Å². The van der Waals surface area contributed by atoms with Crippen LogP contribution in [0.15, 0.2) is 35.9 Å². The van der Waals surface area contributed by atoms with Crippen LogP contribution in [0.1, 0.15) is 67.8 Å². The average molecular weight is 505 g/mol. The quantitative estimate of drug-likeness (QED) is 0.339. The Morgan fingerprint density at radius 1 is 1.11 bits per heavy atom. The lowest BCUT2D eigenvalue weighted by molar-refractivity contribution is -0.134. The third kappa shape index (κ3) is 7.08. The lowest BCUT2D eigenvalue weighted by Crippen LogP contribution is -2.59. The van der Waals surface area contributed by atoms with Gasteiger partial charge in [-0.15, -0.1) is 0 Å². The van der Waals surface area contributed by atoms with Gasteiger partial charge in [-0.05, 0) is 88.1 Å². The number of nitrogens with one attached hydrogen (secondary N) is 2. The highest BCUT2D eigenvalue weighted by molar-refractivity contribution is 6.31. The fraction of sp³-hybridized carbons (Fsp3) is 0.500. The van der Waals surface area contributed by atoms with Gasteiger partial charge in [-0.3, -0.25) is 4.79 Å². The summed E-state index contributed by atoms with van der Waals surface area (Å²) in [6.45, 7) is 3.85. The standard InChI is InChI=1S/C22H29ClN2O2.C4H4O4/c1-22(19-10-5-11-24-19,16-8-3-2-4-9-16)25-21(26)18-14-17(23)13-15-7-6-12-27-20(15)18;5-3(6)1-2-4(7)8/h8,13-14,19,24H,2-7,9-12H2,1H3,(H,25,26);1-2H,(H,5,6)(H,7,8)/b;2-1+. The predicted molar refractivity (Wildman–Crippen MR) is 133 cm³/mol. The number of benzene rings is 1. The Morgan fingerprint density at radius 3 is 2.46 bits per heavy atom. The number of aryl methyl sites for hydroxylation is 1. The molecule has 4 N–H and O–H groups in total. The number of fused-ring (bicyclic) bond motifs is 1. The maximum absolute atomic E-state index is 13.4. The number of ether oxygens (including phenoxy) is 1. The Labute approximate surface area is 210 Å². The van der Waals surface area contributed by atoms with Gasteiger partial charge < -0.3 is 25.6 Å². The fourth-order valence-electron chi connectivity index (χ4n) is 4.94. The van der Waals surface area contributed by atoms with Crippen molar-refractivity contribution in [2.24, 2.45) is 0 Å². The predicted octanol–water partition coefficient (Wildman–Crippen LogP) is 4.12. The number of rotatable bonds is 6. The lowest BCUT2D eigenvalue weighted by atomic mass is 9.78. The summed E-state index contributed by atoms with van der Waals surface area (Å²) in [4.78, 5) is 32.5. The first-order chi connectivity index (χ1) is 16.7. The molecule has 0 radical (unpaired) electrons. The molecular weight excluding hydrogens is 472 g/mol. The molecule has 1 aromatic carbocycles. The zero-order valence-corrected chi connectivity index (χ0v) is 20.7. The monoisotopic (exact) mass is 504 g/mol. The Morgan fingerprint density at radius 2 is 1.86 bits per heavy atom. The van der Waals surface area contributed by atoms with Crippen LogP contribution >= 0.6 is 11.6 Å². The van der Waals surface area contributed by atoms with Gasteiger partial charge in [0, 0.05) is 23.2 Å². The molecule has 2 heterocycles. The van der Waals surface area contributed by atoms with Gasteiger partial charge in [-0.1, -0.05) is 17.7 Å². The van der Waals surface area contributed by atoms with E-state index in [9.17, 15) is 14.4 Å². The molecule has 1 saturated heterocycles. The summed E-state index contributed by atoms with van der Waals surface area (Å²) in [5.74, 6) is -1.89. The Hall–Kier alpha value is -2.84. The molecule has 2 aliphatic heterocycles. The Bertz CT molecular complexity index is 999. The highest BCUT2D eigenvalue weighted by Gasteiger charge is 2.41.